The zero-order chi connectivity index (χ0) is 21.8. The second kappa shape index (κ2) is 7.48. The van der Waals surface area contributed by atoms with Gasteiger partial charge in [0.25, 0.3) is 0 Å². The van der Waals surface area contributed by atoms with Crippen molar-refractivity contribution in [1.29, 1.82) is 0 Å². The molecule has 0 N–H and O–H groups in total. The fourth-order valence-corrected chi connectivity index (χ4v) is 6.01. The van der Waals surface area contributed by atoms with Crippen LogP contribution in [0.3, 0.4) is 0 Å². The summed E-state index contributed by atoms with van der Waals surface area (Å²) in [5, 5.41) is 0. The lowest BCUT2D eigenvalue weighted by Gasteiger charge is -2.22. The summed E-state index contributed by atoms with van der Waals surface area (Å²) in [5.74, 6) is -0.106. The van der Waals surface area contributed by atoms with E-state index in [4.69, 9.17) is 0 Å². The molecule has 2 heterocycles. The van der Waals surface area contributed by atoms with E-state index < -0.39 is 9.84 Å². The number of nitrogens with zero attached hydrogens (tertiary/aromatic N) is 2. The van der Waals surface area contributed by atoms with Gasteiger partial charge in [0.05, 0.1) is 10.6 Å². The molecule has 0 saturated heterocycles. The monoisotopic (exact) mass is 438 g/mol. The van der Waals surface area contributed by atoms with Crippen molar-refractivity contribution in [3.8, 4) is 0 Å². The summed E-state index contributed by atoms with van der Waals surface area (Å²) in [5.41, 5.74) is 3.73. The molecule has 1 fully saturated rings. The van der Waals surface area contributed by atoms with Crippen LogP contribution in [-0.4, -0.2) is 38.6 Å². The lowest BCUT2D eigenvalue weighted by molar-refractivity contribution is -0.120. The number of hydrogen-bond donors (Lipinski definition) is 0. The van der Waals surface area contributed by atoms with E-state index in [-0.39, 0.29) is 40.8 Å². The number of anilines is 2. The lowest BCUT2D eigenvalue weighted by Crippen LogP contribution is -2.36. The molecule has 5 rings (SSSR count). The van der Waals surface area contributed by atoms with E-state index in [1.807, 2.05) is 36.1 Å². The van der Waals surface area contributed by atoms with Crippen molar-refractivity contribution >= 4 is 33.0 Å². The smallest absolute Gasteiger partial charge is 0.230 e. The largest absolute Gasteiger partial charge is 0.312 e. The minimum absolute atomic E-state index is 0.0397. The molecule has 7 heteroatoms. The van der Waals surface area contributed by atoms with E-state index in [2.05, 4.69) is 0 Å². The summed E-state index contributed by atoms with van der Waals surface area (Å²) in [6, 6.07) is 12.8. The fourth-order valence-electron chi connectivity index (χ4n) is 4.74. The van der Waals surface area contributed by atoms with Crippen LogP contribution in [0.5, 0.6) is 0 Å². The Morgan fingerprint density at radius 1 is 1.03 bits per heavy atom. The molecule has 1 unspecified atom stereocenters. The Kier molecular flexibility index (Phi) is 4.88. The maximum absolute atomic E-state index is 13.0. The molecule has 0 radical (unpaired) electrons. The summed E-state index contributed by atoms with van der Waals surface area (Å²) in [7, 11) is -3.59. The molecule has 0 spiro atoms. The third-order valence-electron chi connectivity index (χ3n) is 6.56. The Balaban J connectivity index is 1.30. The van der Waals surface area contributed by atoms with E-state index in [0.29, 0.717) is 13.0 Å². The highest BCUT2D eigenvalue weighted by Crippen LogP contribution is 2.39. The van der Waals surface area contributed by atoms with Gasteiger partial charge in [0.2, 0.25) is 11.8 Å². The number of para-hydroxylation sites is 1. The highest BCUT2D eigenvalue weighted by Gasteiger charge is 2.39. The SMILES string of the molecule is CC1Cc2cc(S(=O)(=O)CCC(=O)N3CCc4ccccc43)ccc2N1C(=O)C1CC1. The maximum Gasteiger partial charge on any atom is 0.230 e. The van der Waals surface area contributed by atoms with Crippen LogP contribution < -0.4 is 9.80 Å². The summed E-state index contributed by atoms with van der Waals surface area (Å²) in [6.45, 7) is 2.60. The summed E-state index contributed by atoms with van der Waals surface area (Å²) in [4.78, 5) is 29.1. The number of carbonyl (C=O) groups is 2. The van der Waals surface area contributed by atoms with Crippen LogP contribution in [0.1, 0.15) is 37.3 Å². The molecule has 162 valence electrons. The zero-order valence-electron chi connectivity index (χ0n) is 17.6. The molecule has 1 saturated carbocycles. The van der Waals surface area contributed by atoms with Gasteiger partial charge >= 0.3 is 0 Å². The molecule has 2 aliphatic heterocycles. The van der Waals surface area contributed by atoms with Crippen molar-refractivity contribution in [2.75, 3.05) is 22.1 Å². The fraction of sp³-hybridized carbons (Fsp3) is 0.417. The van der Waals surface area contributed by atoms with Gasteiger partial charge in [-0.05, 0) is 68.0 Å². The standard InChI is InChI=1S/C24H26N2O4S/c1-16-14-19-15-20(8-9-22(19)26(16)24(28)18-6-7-18)31(29,30)13-11-23(27)25-12-10-17-4-2-3-5-21(17)25/h2-5,8-9,15-16,18H,6-7,10-14H2,1H3. The first-order chi connectivity index (χ1) is 14.8. The van der Waals surface area contributed by atoms with Crippen molar-refractivity contribution < 1.29 is 18.0 Å². The molecular formula is C24H26N2O4S. The Morgan fingerprint density at radius 3 is 2.58 bits per heavy atom. The third-order valence-corrected chi connectivity index (χ3v) is 8.28. The highest BCUT2D eigenvalue weighted by molar-refractivity contribution is 7.91. The summed E-state index contributed by atoms with van der Waals surface area (Å²) < 4.78 is 25.9. The highest BCUT2D eigenvalue weighted by atomic mass is 32.2. The van der Waals surface area contributed by atoms with Gasteiger partial charge in [-0.1, -0.05) is 18.2 Å². The van der Waals surface area contributed by atoms with Crippen molar-refractivity contribution in [3.63, 3.8) is 0 Å². The van der Waals surface area contributed by atoms with Gasteiger partial charge in [0.15, 0.2) is 9.84 Å². The first-order valence-corrected chi connectivity index (χ1v) is 12.6. The molecule has 3 aliphatic rings. The first-order valence-electron chi connectivity index (χ1n) is 10.9. The summed E-state index contributed by atoms with van der Waals surface area (Å²) >= 11 is 0. The number of carbonyl (C=O) groups excluding carboxylic acids is 2. The topological polar surface area (TPSA) is 74.8 Å². The second-order valence-corrected chi connectivity index (χ2v) is 10.9. The molecule has 2 amide bonds. The number of benzene rings is 2. The Morgan fingerprint density at radius 2 is 1.81 bits per heavy atom. The normalized spacial score (nSPS) is 20.0. The van der Waals surface area contributed by atoms with Gasteiger partial charge < -0.3 is 9.80 Å². The number of hydrogen-bond acceptors (Lipinski definition) is 4. The molecular weight excluding hydrogens is 412 g/mol. The lowest BCUT2D eigenvalue weighted by atomic mass is 10.1. The van der Waals surface area contributed by atoms with Gasteiger partial charge in [-0.3, -0.25) is 9.59 Å². The predicted octanol–water partition coefficient (Wildman–Crippen LogP) is 3.13. The Hall–Kier alpha value is -2.67. The van der Waals surface area contributed by atoms with E-state index in [9.17, 15) is 18.0 Å². The van der Waals surface area contributed by atoms with Crippen LogP contribution in [0.4, 0.5) is 11.4 Å². The number of fused-ring (bicyclic) bond motifs is 2. The average Bonchev–Trinajstić information content (AvgIpc) is 3.43. The van der Waals surface area contributed by atoms with Gasteiger partial charge in [-0.25, -0.2) is 8.42 Å². The van der Waals surface area contributed by atoms with E-state index in [0.717, 1.165) is 41.8 Å². The van der Waals surface area contributed by atoms with E-state index in [1.54, 1.807) is 23.1 Å². The van der Waals surface area contributed by atoms with Crippen LogP contribution in [0.15, 0.2) is 47.4 Å². The van der Waals surface area contributed by atoms with E-state index in [1.165, 1.54) is 0 Å². The molecule has 31 heavy (non-hydrogen) atoms. The molecule has 1 aliphatic carbocycles. The van der Waals surface area contributed by atoms with Crippen LogP contribution in [0.2, 0.25) is 0 Å². The molecule has 0 bridgehead atoms. The molecule has 6 nitrogen and oxygen atoms in total. The minimum Gasteiger partial charge on any atom is -0.312 e. The van der Waals surface area contributed by atoms with Crippen molar-refractivity contribution in [1.82, 2.24) is 0 Å². The third kappa shape index (κ3) is 3.65. The second-order valence-electron chi connectivity index (χ2n) is 8.82. The Bertz CT molecular complexity index is 1170. The van der Waals surface area contributed by atoms with Gasteiger partial charge in [-0.2, -0.15) is 0 Å². The predicted molar refractivity (Wildman–Crippen MR) is 119 cm³/mol. The van der Waals surface area contributed by atoms with Crippen molar-refractivity contribution in [3.05, 3.63) is 53.6 Å². The average molecular weight is 439 g/mol. The maximum atomic E-state index is 13.0. The molecule has 2 aromatic carbocycles. The quantitative estimate of drug-likeness (QED) is 0.719. The van der Waals surface area contributed by atoms with E-state index >= 15 is 0 Å². The molecule has 2 aromatic rings. The van der Waals surface area contributed by atoms with Crippen molar-refractivity contribution in [2.24, 2.45) is 5.92 Å². The van der Waals surface area contributed by atoms with Gasteiger partial charge in [0.1, 0.15) is 0 Å². The van der Waals surface area contributed by atoms with Crippen molar-refractivity contribution in [2.45, 2.75) is 50.0 Å². The first kappa shape index (κ1) is 20.2. The zero-order valence-corrected chi connectivity index (χ0v) is 18.4. The van der Waals surface area contributed by atoms with Gasteiger partial charge in [-0.15, -0.1) is 0 Å². The number of sulfone groups is 1. The number of amides is 2. The summed E-state index contributed by atoms with van der Waals surface area (Å²) in [6.07, 6.45) is 3.30. The molecule has 0 aromatic heterocycles. The Labute approximate surface area is 182 Å². The number of rotatable bonds is 5. The van der Waals surface area contributed by atoms with Crippen LogP contribution in [0.25, 0.3) is 0 Å². The van der Waals surface area contributed by atoms with Crippen LogP contribution >= 0.6 is 0 Å². The van der Waals surface area contributed by atoms with Crippen LogP contribution in [0, 0.1) is 5.92 Å². The van der Waals surface area contributed by atoms with Gasteiger partial charge in [0, 0.05) is 36.3 Å². The minimum atomic E-state index is -3.59. The molecule has 1 atom stereocenters. The van der Waals surface area contributed by atoms with Crippen LogP contribution in [-0.2, 0) is 32.3 Å².